The number of allylic oxidation sites excluding steroid dienone is 1. The van der Waals surface area contributed by atoms with Crippen LogP contribution in [-0.2, 0) is 5.41 Å². The van der Waals surface area contributed by atoms with Crippen LogP contribution in [0.4, 0.5) is 5.69 Å². The molecule has 0 aromatic heterocycles. The molecule has 1 aliphatic heterocycles. The molecule has 0 radical (unpaired) electrons. The second-order valence-corrected chi connectivity index (χ2v) is 6.06. The number of hydrogen-bond donors (Lipinski definition) is 0. The normalized spacial score (nSPS) is 16.0. The minimum atomic E-state index is -0.142. The maximum absolute atomic E-state index is 12.6. The standard InChI is InChI=1S/C19H19NO/c1-13-19(2,3)16-12-15(10-11-17(16)20(13)4)18(21)14-8-6-5-7-9-14/h5-12H,1H2,2-4H3. The van der Waals surface area contributed by atoms with Crippen LogP contribution in [0.15, 0.2) is 60.8 Å². The van der Waals surface area contributed by atoms with Crippen LogP contribution >= 0.6 is 0 Å². The van der Waals surface area contributed by atoms with Gasteiger partial charge in [0, 0.05) is 35.0 Å². The molecule has 0 aliphatic carbocycles. The molecule has 0 saturated heterocycles. The van der Waals surface area contributed by atoms with Crippen molar-refractivity contribution < 1.29 is 4.79 Å². The van der Waals surface area contributed by atoms with Crippen molar-refractivity contribution in [3.8, 4) is 0 Å². The second kappa shape index (κ2) is 4.59. The zero-order chi connectivity index (χ0) is 15.2. The predicted molar refractivity (Wildman–Crippen MR) is 86.9 cm³/mol. The van der Waals surface area contributed by atoms with Gasteiger partial charge in [0.15, 0.2) is 5.78 Å². The number of carbonyl (C=O) groups is 1. The third-order valence-electron chi connectivity index (χ3n) is 4.46. The molecule has 21 heavy (non-hydrogen) atoms. The van der Waals surface area contributed by atoms with Gasteiger partial charge in [0.2, 0.25) is 0 Å². The van der Waals surface area contributed by atoms with E-state index in [0.717, 1.165) is 28.1 Å². The van der Waals surface area contributed by atoms with E-state index in [1.807, 2.05) is 55.6 Å². The number of fused-ring (bicyclic) bond motifs is 1. The summed E-state index contributed by atoms with van der Waals surface area (Å²) in [7, 11) is 2.02. The summed E-state index contributed by atoms with van der Waals surface area (Å²) in [6, 6.07) is 15.3. The third kappa shape index (κ3) is 1.99. The Morgan fingerprint density at radius 3 is 2.38 bits per heavy atom. The fraction of sp³-hybridized carbons (Fsp3) is 0.211. The highest BCUT2D eigenvalue weighted by molar-refractivity contribution is 6.09. The first kappa shape index (κ1) is 13.6. The highest BCUT2D eigenvalue weighted by Gasteiger charge is 2.37. The van der Waals surface area contributed by atoms with E-state index in [1.165, 1.54) is 0 Å². The van der Waals surface area contributed by atoms with Crippen molar-refractivity contribution in [1.82, 2.24) is 0 Å². The smallest absolute Gasteiger partial charge is 0.193 e. The lowest BCUT2D eigenvalue weighted by molar-refractivity contribution is 0.103. The summed E-state index contributed by atoms with van der Waals surface area (Å²) in [6.45, 7) is 8.47. The fourth-order valence-corrected chi connectivity index (χ4v) is 2.95. The largest absolute Gasteiger partial charge is 0.348 e. The molecular weight excluding hydrogens is 258 g/mol. The number of nitrogens with zero attached hydrogens (tertiary/aromatic N) is 1. The first-order chi connectivity index (χ1) is 9.93. The van der Waals surface area contributed by atoms with Gasteiger partial charge in [-0.05, 0) is 23.8 Å². The Bertz CT molecular complexity index is 728. The van der Waals surface area contributed by atoms with E-state index in [1.54, 1.807) is 0 Å². The predicted octanol–water partition coefficient (Wildman–Crippen LogP) is 4.16. The Labute approximate surface area is 125 Å². The minimum absolute atomic E-state index is 0.0642. The molecule has 3 rings (SSSR count). The number of hydrogen-bond acceptors (Lipinski definition) is 2. The van der Waals surface area contributed by atoms with Crippen molar-refractivity contribution in [2.24, 2.45) is 0 Å². The van der Waals surface area contributed by atoms with Crippen LogP contribution in [0.1, 0.15) is 35.3 Å². The summed E-state index contributed by atoms with van der Waals surface area (Å²) in [6.07, 6.45) is 0. The van der Waals surface area contributed by atoms with Crippen LogP contribution < -0.4 is 4.90 Å². The molecule has 0 spiro atoms. The van der Waals surface area contributed by atoms with E-state index in [0.29, 0.717) is 0 Å². The maximum Gasteiger partial charge on any atom is 0.193 e. The first-order valence-electron chi connectivity index (χ1n) is 7.10. The summed E-state index contributed by atoms with van der Waals surface area (Å²) in [4.78, 5) is 14.7. The fourth-order valence-electron chi connectivity index (χ4n) is 2.95. The number of rotatable bonds is 2. The van der Waals surface area contributed by atoms with Crippen molar-refractivity contribution >= 4 is 11.5 Å². The van der Waals surface area contributed by atoms with Crippen LogP contribution in [0.2, 0.25) is 0 Å². The minimum Gasteiger partial charge on any atom is -0.348 e. The van der Waals surface area contributed by atoms with Crippen molar-refractivity contribution in [1.29, 1.82) is 0 Å². The molecule has 106 valence electrons. The van der Waals surface area contributed by atoms with Crippen LogP contribution in [0, 0.1) is 0 Å². The summed E-state index contributed by atoms with van der Waals surface area (Å²) >= 11 is 0. The SMILES string of the molecule is C=C1N(C)c2ccc(C(=O)c3ccccc3)cc2C1(C)C. The van der Waals surface area contributed by atoms with Gasteiger partial charge in [0.25, 0.3) is 0 Å². The van der Waals surface area contributed by atoms with Gasteiger partial charge in [0.05, 0.1) is 0 Å². The van der Waals surface area contributed by atoms with Crippen molar-refractivity contribution in [3.63, 3.8) is 0 Å². The van der Waals surface area contributed by atoms with Gasteiger partial charge < -0.3 is 4.90 Å². The summed E-state index contributed by atoms with van der Waals surface area (Å²) in [5.41, 5.74) is 4.67. The summed E-state index contributed by atoms with van der Waals surface area (Å²) in [5, 5.41) is 0. The number of anilines is 1. The lowest BCUT2D eigenvalue weighted by Crippen LogP contribution is -2.21. The Hall–Kier alpha value is -2.35. The molecule has 2 aromatic carbocycles. The van der Waals surface area contributed by atoms with Crippen LogP contribution in [0.3, 0.4) is 0 Å². The van der Waals surface area contributed by atoms with Crippen molar-refractivity contribution in [2.75, 3.05) is 11.9 Å². The van der Waals surface area contributed by atoms with Gasteiger partial charge in [-0.3, -0.25) is 4.79 Å². The maximum atomic E-state index is 12.6. The molecule has 0 saturated carbocycles. The second-order valence-electron chi connectivity index (χ2n) is 6.06. The highest BCUT2D eigenvalue weighted by Crippen LogP contribution is 2.46. The molecule has 0 amide bonds. The monoisotopic (exact) mass is 277 g/mol. The molecule has 2 nitrogen and oxygen atoms in total. The molecule has 0 unspecified atom stereocenters. The number of likely N-dealkylation sites (N-methyl/N-ethyl adjacent to an activating group) is 1. The van der Waals surface area contributed by atoms with E-state index in [4.69, 9.17) is 0 Å². The van der Waals surface area contributed by atoms with E-state index in [2.05, 4.69) is 25.3 Å². The average molecular weight is 277 g/mol. The van der Waals surface area contributed by atoms with Crippen molar-refractivity contribution in [3.05, 3.63) is 77.5 Å². The zero-order valence-electron chi connectivity index (χ0n) is 12.7. The van der Waals surface area contributed by atoms with Gasteiger partial charge in [-0.15, -0.1) is 0 Å². The Balaban J connectivity index is 2.08. The summed E-state index contributed by atoms with van der Waals surface area (Å²) < 4.78 is 0. The van der Waals surface area contributed by atoms with E-state index in [-0.39, 0.29) is 11.2 Å². The lowest BCUT2D eigenvalue weighted by atomic mass is 9.83. The Morgan fingerprint density at radius 2 is 1.71 bits per heavy atom. The molecule has 0 atom stereocenters. The van der Waals surface area contributed by atoms with Gasteiger partial charge in [-0.1, -0.05) is 50.8 Å². The van der Waals surface area contributed by atoms with Crippen LogP contribution in [0.5, 0.6) is 0 Å². The molecule has 0 fully saturated rings. The Kier molecular flexibility index (Phi) is 2.98. The quantitative estimate of drug-likeness (QED) is 0.768. The van der Waals surface area contributed by atoms with E-state index in [9.17, 15) is 4.79 Å². The van der Waals surface area contributed by atoms with E-state index >= 15 is 0 Å². The van der Waals surface area contributed by atoms with Gasteiger partial charge in [-0.2, -0.15) is 0 Å². The molecule has 1 aliphatic rings. The molecular formula is C19H19NO. The van der Waals surface area contributed by atoms with Gasteiger partial charge in [0.1, 0.15) is 0 Å². The van der Waals surface area contributed by atoms with Gasteiger partial charge in [-0.25, -0.2) is 0 Å². The highest BCUT2D eigenvalue weighted by atomic mass is 16.1. The van der Waals surface area contributed by atoms with E-state index < -0.39 is 0 Å². The first-order valence-corrected chi connectivity index (χ1v) is 7.10. The molecule has 0 N–H and O–H groups in total. The van der Waals surface area contributed by atoms with Gasteiger partial charge >= 0.3 is 0 Å². The molecule has 0 bridgehead atoms. The average Bonchev–Trinajstić information content (AvgIpc) is 2.68. The van der Waals surface area contributed by atoms with Crippen LogP contribution in [-0.4, -0.2) is 12.8 Å². The van der Waals surface area contributed by atoms with Crippen molar-refractivity contribution in [2.45, 2.75) is 19.3 Å². The molecule has 2 heteroatoms. The Morgan fingerprint density at radius 1 is 1.05 bits per heavy atom. The number of carbonyl (C=O) groups excluding carboxylic acids is 1. The summed E-state index contributed by atoms with van der Waals surface area (Å²) in [5.74, 6) is 0.0642. The third-order valence-corrected chi connectivity index (χ3v) is 4.46. The number of ketones is 1. The van der Waals surface area contributed by atoms with Crippen LogP contribution in [0.25, 0.3) is 0 Å². The lowest BCUT2D eigenvalue weighted by Gasteiger charge is -2.22. The number of benzene rings is 2. The molecule has 2 aromatic rings. The molecule has 1 heterocycles. The zero-order valence-corrected chi connectivity index (χ0v) is 12.7. The topological polar surface area (TPSA) is 20.3 Å².